The Bertz CT molecular complexity index is 852. The van der Waals surface area contributed by atoms with Crippen LogP contribution in [0.15, 0.2) is 54.5 Å². The van der Waals surface area contributed by atoms with E-state index in [1.165, 1.54) is 20.5 Å². The summed E-state index contributed by atoms with van der Waals surface area (Å²) in [5, 5.41) is 9.11. The molecule has 2 aromatic rings. The maximum atomic E-state index is 11.7. The van der Waals surface area contributed by atoms with E-state index >= 15 is 0 Å². The zero-order valence-electron chi connectivity index (χ0n) is 14.8. The van der Waals surface area contributed by atoms with E-state index in [2.05, 4.69) is 10.8 Å². The van der Waals surface area contributed by atoms with Crippen LogP contribution in [-0.2, 0) is 20.9 Å². The summed E-state index contributed by atoms with van der Waals surface area (Å²) in [6, 6.07) is 14.6. The molecule has 0 saturated carbocycles. The fourth-order valence-corrected chi connectivity index (χ4v) is 2.13. The molecule has 0 aliphatic heterocycles. The van der Waals surface area contributed by atoms with Gasteiger partial charge in [-0.2, -0.15) is 5.26 Å². The minimum absolute atomic E-state index is 0.0639. The number of carbonyl (C=O) groups is 1. The lowest BCUT2D eigenvalue weighted by atomic mass is 10.1. The molecule has 2 rings (SSSR count). The number of hydrogen-bond acceptors (Lipinski definition) is 6. The second kappa shape index (κ2) is 9.14. The van der Waals surface area contributed by atoms with Crippen LogP contribution in [-0.4, -0.2) is 20.2 Å². The zero-order chi connectivity index (χ0) is 18.9. The normalized spacial score (nSPS) is 10.6. The third-order valence-corrected chi connectivity index (χ3v) is 3.49. The first-order valence-corrected chi connectivity index (χ1v) is 7.79. The highest BCUT2D eigenvalue weighted by Gasteiger charge is 2.15. The molecule has 2 aromatic carbocycles. The fraction of sp³-hybridized carbons (Fsp3) is 0.200. The first-order valence-electron chi connectivity index (χ1n) is 7.79. The van der Waals surface area contributed by atoms with Crippen molar-refractivity contribution < 1.29 is 23.7 Å². The van der Waals surface area contributed by atoms with Gasteiger partial charge in [0.2, 0.25) is 5.76 Å². The maximum Gasteiger partial charge on any atom is 0.377 e. The van der Waals surface area contributed by atoms with E-state index in [4.69, 9.17) is 19.5 Å². The summed E-state index contributed by atoms with van der Waals surface area (Å²) < 4.78 is 20.9. The van der Waals surface area contributed by atoms with Crippen LogP contribution >= 0.6 is 0 Å². The van der Waals surface area contributed by atoms with Gasteiger partial charge in [0, 0.05) is 0 Å². The number of hydrogen-bond donors (Lipinski definition) is 0. The third-order valence-electron chi connectivity index (χ3n) is 3.49. The summed E-state index contributed by atoms with van der Waals surface area (Å²) >= 11 is 0. The van der Waals surface area contributed by atoms with Gasteiger partial charge < -0.3 is 18.9 Å². The molecule has 6 nitrogen and oxygen atoms in total. The maximum absolute atomic E-state index is 11.7. The molecular formula is C20H19NO5. The van der Waals surface area contributed by atoms with Crippen LogP contribution in [0.2, 0.25) is 0 Å². The molecule has 0 heterocycles. The predicted octanol–water partition coefficient (Wildman–Crippen LogP) is 3.49. The van der Waals surface area contributed by atoms with Crippen LogP contribution in [0.3, 0.4) is 0 Å². The van der Waals surface area contributed by atoms with Crippen molar-refractivity contribution in [2.24, 2.45) is 0 Å². The average Bonchev–Trinajstić information content (AvgIpc) is 2.67. The molecule has 0 aliphatic carbocycles. The van der Waals surface area contributed by atoms with Crippen LogP contribution in [0.25, 0.3) is 0 Å². The quantitative estimate of drug-likeness (QED) is 0.431. The summed E-state index contributed by atoms with van der Waals surface area (Å²) in [7, 11) is 2.68. The number of ether oxygens (including phenoxy) is 4. The summed E-state index contributed by atoms with van der Waals surface area (Å²) in [5.74, 6) is 0.280. The number of carbonyl (C=O) groups excluding carboxylic acids is 1. The Morgan fingerprint density at radius 1 is 1.15 bits per heavy atom. The van der Waals surface area contributed by atoms with E-state index in [0.717, 1.165) is 11.1 Å². The van der Waals surface area contributed by atoms with Gasteiger partial charge in [-0.05, 0) is 36.2 Å². The van der Waals surface area contributed by atoms with Gasteiger partial charge >= 0.3 is 5.97 Å². The molecule has 0 unspecified atom stereocenters. The molecule has 0 amide bonds. The minimum atomic E-state index is -0.643. The smallest absolute Gasteiger partial charge is 0.377 e. The molecule has 0 fully saturated rings. The number of methoxy groups -OCH3 is 2. The van der Waals surface area contributed by atoms with Gasteiger partial charge in [-0.25, -0.2) is 4.79 Å². The van der Waals surface area contributed by atoms with Gasteiger partial charge in [-0.15, -0.1) is 0 Å². The summed E-state index contributed by atoms with van der Waals surface area (Å²) in [6.45, 7) is 2.10. The lowest BCUT2D eigenvalue weighted by molar-refractivity contribution is -0.138. The monoisotopic (exact) mass is 353 g/mol. The van der Waals surface area contributed by atoms with E-state index in [0.29, 0.717) is 17.1 Å². The molecule has 0 N–H and O–H groups in total. The number of nitriles is 1. The van der Waals surface area contributed by atoms with Crippen LogP contribution in [0, 0.1) is 18.3 Å². The summed E-state index contributed by atoms with van der Waals surface area (Å²) in [5.41, 5.74) is 2.11. The molecule has 134 valence electrons. The second-order valence-corrected chi connectivity index (χ2v) is 5.31. The lowest BCUT2D eigenvalue weighted by Gasteiger charge is -2.13. The number of esters is 1. The Morgan fingerprint density at radius 3 is 2.62 bits per heavy atom. The molecule has 26 heavy (non-hydrogen) atoms. The topological polar surface area (TPSA) is 77.8 Å². The van der Waals surface area contributed by atoms with Crippen molar-refractivity contribution in [1.82, 2.24) is 0 Å². The van der Waals surface area contributed by atoms with Crippen LogP contribution in [0.4, 0.5) is 0 Å². The molecule has 0 radical (unpaired) electrons. The largest absolute Gasteiger partial charge is 0.500 e. The first-order chi connectivity index (χ1) is 12.6. The number of aryl methyl sites for hydroxylation is 1. The number of benzene rings is 2. The number of nitrogens with zero attached hydrogens (tertiary/aromatic N) is 1. The van der Waals surface area contributed by atoms with Gasteiger partial charge in [-0.3, -0.25) is 0 Å². The van der Waals surface area contributed by atoms with E-state index < -0.39 is 5.97 Å². The lowest BCUT2D eigenvalue weighted by Crippen LogP contribution is -2.12. The zero-order valence-corrected chi connectivity index (χ0v) is 14.8. The SMILES string of the molecule is CO/C=C(\Oc1cc(COc2ccccc2C#N)ccc1C)C(=O)OC. The van der Waals surface area contributed by atoms with Crippen LogP contribution in [0.1, 0.15) is 16.7 Å². The van der Waals surface area contributed by atoms with Crippen molar-refractivity contribution in [3.8, 4) is 17.6 Å². The highest BCUT2D eigenvalue weighted by atomic mass is 16.6. The van der Waals surface area contributed by atoms with Crippen LogP contribution in [0.5, 0.6) is 11.5 Å². The van der Waals surface area contributed by atoms with Gasteiger partial charge in [-0.1, -0.05) is 24.3 Å². The second-order valence-electron chi connectivity index (χ2n) is 5.31. The van der Waals surface area contributed by atoms with Gasteiger partial charge in [0.05, 0.1) is 19.8 Å². The molecule has 0 atom stereocenters. The van der Waals surface area contributed by atoms with Crippen molar-refractivity contribution in [1.29, 1.82) is 5.26 Å². The third kappa shape index (κ3) is 4.77. The average molecular weight is 353 g/mol. The van der Waals surface area contributed by atoms with Gasteiger partial charge in [0.25, 0.3) is 0 Å². The van der Waals surface area contributed by atoms with Crippen molar-refractivity contribution in [3.05, 3.63) is 71.2 Å². The molecule has 0 bridgehead atoms. The Hall–Kier alpha value is -3.46. The Balaban J connectivity index is 2.17. The molecule has 0 saturated heterocycles. The van der Waals surface area contributed by atoms with E-state index in [1.54, 1.807) is 30.3 Å². The van der Waals surface area contributed by atoms with Crippen molar-refractivity contribution in [2.75, 3.05) is 14.2 Å². The van der Waals surface area contributed by atoms with E-state index in [-0.39, 0.29) is 12.4 Å². The number of rotatable bonds is 7. The Morgan fingerprint density at radius 2 is 1.92 bits per heavy atom. The molecule has 0 aliphatic rings. The standard InChI is InChI=1S/C20H19NO5/c1-14-8-9-15(12-25-17-7-5-4-6-16(17)11-21)10-18(14)26-19(13-23-2)20(22)24-3/h4-10,13H,12H2,1-3H3/b19-13-. The Kier molecular flexibility index (Phi) is 6.63. The number of para-hydroxylation sites is 1. The van der Waals surface area contributed by atoms with E-state index in [9.17, 15) is 4.79 Å². The molecule has 0 spiro atoms. The predicted molar refractivity (Wildman–Crippen MR) is 94.4 cm³/mol. The van der Waals surface area contributed by atoms with Crippen LogP contribution < -0.4 is 9.47 Å². The summed E-state index contributed by atoms with van der Waals surface area (Å²) in [4.78, 5) is 11.7. The Labute approximate surface area is 152 Å². The molecular weight excluding hydrogens is 334 g/mol. The highest BCUT2D eigenvalue weighted by molar-refractivity contribution is 5.86. The van der Waals surface area contributed by atoms with Gasteiger partial charge in [0.15, 0.2) is 0 Å². The molecule has 0 aromatic heterocycles. The highest BCUT2D eigenvalue weighted by Crippen LogP contribution is 2.24. The van der Waals surface area contributed by atoms with Gasteiger partial charge in [0.1, 0.15) is 30.4 Å². The fourth-order valence-electron chi connectivity index (χ4n) is 2.13. The van der Waals surface area contributed by atoms with Crippen molar-refractivity contribution in [3.63, 3.8) is 0 Å². The van der Waals surface area contributed by atoms with Crippen molar-refractivity contribution >= 4 is 5.97 Å². The molecule has 6 heteroatoms. The first kappa shape index (κ1) is 18.9. The summed E-state index contributed by atoms with van der Waals surface area (Å²) in [6.07, 6.45) is 1.18. The van der Waals surface area contributed by atoms with E-state index in [1.807, 2.05) is 19.1 Å². The van der Waals surface area contributed by atoms with Crippen molar-refractivity contribution in [2.45, 2.75) is 13.5 Å². The minimum Gasteiger partial charge on any atom is -0.500 e.